The number of carbonyl (C=O) groups is 1. The summed E-state index contributed by atoms with van der Waals surface area (Å²) in [7, 11) is 0. The van der Waals surface area contributed by atoms with Crippen molar-refractivity contribution < 1.29 is 9.90 Å². The van der Waals surface area contributed by atoms with Gasteiger partial charge < -0.3 is 9.67 Å². The van der Waals surface area contributed by atoms with Crippen molar-refractivity contribution in [3.63, 3.8) is 0 Å². The standard InChI is InChI=1S/C22H20N2O2/c25-19-10-4-6-16(12-19)14-24-15-23-22(17-7-2-1-3-8-17)20(24)13-18-9-5-11-21(18)26/h1-4,6-8,10,12-13,15,25H,5,9,11,14H2/b18-13+. The molecule has 4 heteroatoms. The predicted octanol–water partition coefficient (Wildman–Crippen LogP) is 4.44. The molecule has 4 rings (SSSR count). The van der Waals surface area contributed by atoms with E-state index in [0.29, 0.717) is 13.0 Å². The van der Waals surface area contributed by atoms with Crippen LogP contribution in [0, 0.1) is 0 Å². The first-order valence-corrected chi connectivity index (χ1v) is 8.83. The van der Waals surface area contributed by atoms with E-state index in [2.05, 4.69) is 4.98 Å². The van der Waals surface area contributed by atoms with Gasteiger partial charge in [0.15, 0.2) is 5.78 Å². The van der Waals surface area contributed by atoms with E-state index < -0.39 is 0 Å². The van der Waals surface area contributed by atoms with Gasteiger partial charge in [-0.05, 0) is 42.2 Å². The molecule has 1 N–H and O–H groups in total. The van der Waals surface area contributed by atoms with E-state index in [1.54, 1.807) is 18.5 Å². The average Bonchev–Trinajstić information content (AvgIpc) is 3.23. The molecule has 3 aromatic rings. The van der Waals surface area contributed by atoms with Gasteiger partial charge in [0.1, 0.15) is 5.75 Å². The van der Waals surface area contributed by atoms with Crippen LogP contribution >= 0.6 is 0 Å². The molecular weight excluding hydrogens is 324 g/mol. The summed E-state index contributed by atoms with van der Waals surface area (Å²) in [6.07, 6.45) is 6.18. The molecule has 130 valence electrons. The van der Waals surface area contributed by atoms with Gasteiger partial charge in [-0.3, -0.25) is 4.79 Å². The Kier molecular flexibility index (Phi) is 4.40. The molecule has 2 aromatic carbocycles. The van der Waals surface area contributed by atoms with Crippen LogP contribution < -0.4 is 0 Å². The van der Waals surface area contributed by atoms with Crippen molar-refractivity contribution in [2.45, 2.75) is 25.8 Å². The number of Topliss-reactive ketones (excluding diaryl/α,β-unsaturated/α-hetero) is 1. The zero-order chi connectivity index (χ0) is 17.9. The Balaban J connectivity index is 1.79. The minimum Gasteiger partial charge on any atom is -0.508 e. The summed E-state index contributed by atoms with van der Waals surface area (Å²) in [5.41, 5.74) is 4.70. The van der Waals surface area contributed by atoms with Gasteiger partial charge in [-0.2, -0.15) is 0 Å². The number of aromatic hydroxyl groups is 1. The average molecular weight is 344 g/mol. The summed E-state index contributed by atoms with van der Waals surface area (Å²) < 4.78 is 2.04. The molecule has 0 saturated heterocycles. The second kappa shape index (κ2) is 7.00. The maximum atomic E-state index is 12.1. The third-order valence-electron chi connectivity index (χ3n) is 4.71. The summed E-state index contributed by atoms with van der Waals surface area (Å²) in [5, 5.41) is 9.73. The first kappa shape index (κ1) is 16.3. The number of ketones is 1. The summed E-state index contributed by atoms with van der Waals surface area (Å²) in [4.78, 5) is 16.7. The van der Waals surface area contributed by atoms with Gasteiger partial charge in [0, 0.05) is 18.5 Å². The topological polar surface area (TPSA) is 55.1 Å². The van der Waals surface area contributed by atoms with E-state index in [-0.39, 0.29) is 11.5 Å². The van der Waals surface area contributed by atoms with Crippen molar-refractivity contribution in [3.8, 4) is 17.0 Å². The molecule has 0 atom stereocenters. The lowest BCUT2D eigenvalue weighted by Crippen LogP contribution is -2.02. The zero-order valence-electron chi connectivity index (χ0n) is 14.4. The number of phenolic OH excluding ortho intramolecular Hbond substituents is 1. The van der Waals surface area contributed by atoms with Crippen LogP contribution in [0.2, 0.25) is 0 Å². The van der Waals surface area contributed by atoms with Gasteiger partial charge in [0.05, 0.1) is 17.7 Å². The van der Waals surface area contributed by atoms with Gasteiger partial charge in [-0.1, -0.05) is 42.5 Å². The summed E-state index contributed by atoms with van der Waals surface area (Å²) in [5.74, 6) is 0.478. The van der Waals surface area contributed by atoms with E-state index in [1.165, 1.54) is 0 Å². The van der Waals surface area contributed by atoms with Gasteiger partial charge in [0.2, 0.25) is 0 Å². The number of allylic oxidation sites excluding steroid dienone is 1. The lowest BCUT2D eigenvalue weighted by Gasteiger charge is -2.09. The number of carbonyl (C=O) groups excluding carboxylic acids is 1. The van der Waals surface area contributed by atoms with E-state index >= 15 is 0 Å². The van der Waals surface area contributed by atoms with Crippen LogP contribution in [-0.2, 0) is 11.3 Å². The molecule has 1 saturated carbocycles. The van der Waals surface area contributed by atoms with E-state index in [0.717, 1.165) is 40.9 Å². The third-order valence-corrected chi connectivity index (χ3v) is 4.71. The summed E-state index contributed by atoms with van der Waals surface area (Å²) in [6.45, 7) is 0.585. The largest absolute Gasteiger partial charge is 0.508 e. The molecule has 26 heavy (non-hydrogen) atoms. The summed E-state index contributed by atoms with van der Waals surface area (Å²) in [6, 6.07) is 17.2. The van der Waals surface area contributed by atoms with Crippen LogP contribution in [0.25, 0.3) is 17.3 Å². The maximum absolute atomic E-state index is 12.1. The van der Waals surface area contributed by atoms with Crippen molar-refractivity contribution in [1.82, 2.24) is 9.55 Å². The van der Waals surface area contributed by atoms with Gasteiger partial charge in [-0.25, -0.2) is 4.98 Å². The Morgan fingerprint density at radius 1 is 1.08 bits per heavy atom. The van der Waals surface area contributed by atoms with Crippen LogP contribution in [0.5, 0.6) is 5.75 Å². The number of nitrogens with zero attached hydrogens (tertiary/aromatic N) is 2. The number of hydrogen-bond acceptors (Lipinski definition) is 3. The highest BCUT2D eigenvalue weighted by Crippen LogP contribution is 2.29. The number of imidazole rings is 1. The van der Waals surface area contributed by atoms with Crippen molar-refractivity contribution in [3.05, 3.63) is 77.8 Å². The molecule has 0 bridgehead atoms. The minimum atomic E-state index is 0.231. The molecule has 1 heterocycles. The Bertz CT molecular complexity index is 971. The molecule has 1 aliphatic rings. The fraction of sp³-hybridized carbons (Fsp3) is 0.182. The second-order valence-electron chi connectivity index (χ2n) is 6.59. The van der Waals surface area contributed by atoms with Crippen LogP contribution in [0.15, 0.2) is 66.5 Å². The normalized spacial score (nSPS) is 15.7. The van der Waals surface area contributed by atoms with Crippen LogP contribution in [0.4, 0.5) is 0 Å². The highest BCUT2D eigenvalue weighted by Gasteiger charge is 2.19. The van der Waals surface area contributed by atoms with E-state index in [1.807, 2.05) is 53.1 Å². The monoisotopic (exact) mass is 344 g/mol. The molecule has 0 amide bonds. The Morgan fingerprint density at radius 2 is 1.92 bits per heavy atom. The number of phenols is 1. The number of rotatable bonds is 4. The predicted molar refractivity (Wildman–Crippen MR) is 102 cm³/mol. The first-order valence-electron chi connectivity index (χ1n) is 8.83. The molecule has 4 nitrogen and oxygen atoms in total. The second-order valence-corrected chi connectivity index (χ2v) is 6.59. The number of benzene rings is 2. The Morgan fingerprint density at radius 3 is 2.65 bits per heavy atom. The molecule has 0 radical (unpaired) electrons. The SMILES string of the molecule is O=C1CCC/C1=C\c1c(-c2ccccc2)ncn1Cc1cccc(O)c1. The highest BCUT2D eigenvalue weighted by atomic mass is 16.3. The van der Waals surface area contributed by atoms with E-state index in [9.17, 15) is 9.90 Å². The molecule has 0 spiro atoms. The fourth-order valence-electron chi connectivity index (χ4n) is 3.40. The Labute approximate surface area is 152 Å². The molecule has 0 unspecified atom stereocenters. The quantitative estimate of drug-likeness (QED) is 0.712. The van der Waals surface area contributed by atoms with Gasteiger partial charge in [-0.15, -0.1) is 0 Å². The lowest BCUT2D eigenvalue weighted by molar-refractivity contribution is -0.114. The molecule has 1 aliphatic carbocycles. The smallest absolute Gasteiger partial charge is 0.158 e. The van der Waals surface area contributed by atoms with E-state index in [4.69, 9.17) is 0 Å². The lowest BCUT2D eigenvalue weighted by atomic mass is 10.1. The number of aromatic nitrogens is 2. The number of hydrogen-bond donors (Lipinski definition) is 1. The first-order chi connectivity index (χ1) is 12.7. The van der Waals surface area contributed by atoms with Crippen LogP contribution in [0.3, 0.4) is 0 Å². The third kappa shape index (κ3) is 3.31. The summed E-state index contributed by atoms with van der Waals surface area (Å²) >= 11 is 0. The molecule has 0 aliphatic heterocycles. The van der Waals surface area contributed by atoms with Crippen LogP contribution in [0.1, 0.15) is 30.5 Å². The van der Waals surface area contributed by atoms with Crippen molar-refractivity contribution in [2.24, 2.45) is 0 Å². The molecule has 1 fully saturated rings. The highest BCUT2D eigenvalue weighted by molar-refractivity contribution is 6.01. The molecule has 1 aromatic heterocycles. The Hall–Kier alpha value is -3.14. The zero-order valence-corrected chi connectivity index (χ0v) is 14.4. The van der Waals surface area contributed by atoms with Crippen LogP contribution in [-0.4, -0.2) is 20.4 Å². The van der Waals surface area contributed by atoms with Crippen molar-refractivity contribution in [2.75, 3.05) is 0 Å². The van der Waals surface area contributed by atoms with Crippen molar-refractivity contribution in [1.29, 1.82) is 0 Å². The van der Waals surface area contributed by atoms with Crippen molar-refractivity contribution >= 4 is 11.9 Å². The van der Waals surface area contributed by atoms with Gasteiger partial charge in [0.25, 0.3) is 0 Å². The van der Waals surface area contributed by atoms with Gasteiger partial charge >= 0.3 is 0 Å². The maximum Gasteiger partial charge on any atom is 0.158 e. The molecular formula is C22H20N2O2. The fourth-order valence-corrected chi connectivity index (χ4v) is 3.40. The minimum absolute atomic E-state index is 0.231.